The van der Waals surface area contributed by atoms with E-state index in [9.17, 15) is 13.2 Å². The zero-order valence-corrected chi connectivity index (χ0v) is 13.1. The monoisotopic (exact) mass is 311 g/mol. The molecule has 0 atom stereocenters. The maximum Gasteiger partial charge on any atom is 0.244 e. The molecule has 2 rings (SSSR count). The van der Waals surface area contributed by atoms with Gasteiger partial charge in [0.05, 0.1) is 17.5 Å². The lowest BCUT2D eigenvalue weighted by Crippen LogP contribution is -2.48. The Morgan fingerprint density at radius 2 is 1.90 bits per heavy atom. The van der Waals surface area contributed by atoms with Crippen molar-refractivity contribution in [1.82, 2.24) is 0 Å². The Balaban J connectivity index is 2.17. The molecule has 6 nitrogen and oxygen atoms in total. The van der Waals surface area contributed by atoms with Crippen LogP contribution in [0.2, 0.25) is 0 Å². The molecule has 0 bridgehead atoms. The van der Waals surface area contributed by atoms with E-state index in [2.05, 4.69) is 10.0 Å². The first-order chi connectivity index (χ1) is 9.70. The number of amides is 1. The van der Waals surface area contributed by atoms with Gasteiger partial charge >= 0.3 is 0 Å². The van der Waals surface area contributed by atoms with Gasteiger partial charge in [-0.2, -0.15) is 0 Å². The van der Waals surface area contributed by atoms with E-state index in [4.69, 9.17) is 5.73 Å². The molecular formula is C14H21N3O3S. The van der Waals surface area contributed by atoms with Crippen molar-refractivity contribution in [2.75, 3.05) is 16.3 Å². The van der Waals surface area contributed by atoms with E-state index in [1.165, 1.54) is 0 Å². The summed E-state index contributed by atoms with van der Waals surface area (Å²) in [7, 11) is -3.36. The molecule has 4 N–H and O–H groups in total. The third-order valence-corrected chi connectivity index (χ3v) is 4.33. The number of hydrogen-bond acceptors (Lipinski definition) is 4. The highest BCUT2D eigenvalue weighted by Gasteiger charge is 2.36. The first-order valence-corrected chi connectivity index (χ1v) is 8.78. The minimum atomic E-state index is -3.36. The third-order valence-electron chi connectivity index (χ3n) is 3.74. The molecule has 0 radical (unpaired) electrons. The summed E-state index contributed by atoms with van der Waals surface area (Å²) >= 11 is 0. The van der Waals surface area contributed by atoms with Crippen LogP contribution in [0.4, 0.5) is 11.4 Å². The Morgan fingerprint density at radius 3 is 2.48 bits per heavy atom. The summed E-state index contributed by atoms with van der Waals surface area (Å²) in [5.74, 6) is -0.214. The minimum absolute atomic E-state index is 0.214. The quantitative estimate of drug-likeness (QED) is 0.785. The van der Waals surface area contributed by atoms with Crippen molar-refractivity contribution in [1.29, 1.82) is 0 Å². The highest BCUT2D eigenvalue weighted by molar-refractivity contribution is 7.92. The lowest BCUT2D eigenvalue weighted by atomic mass is 9.98. The Kier molecular flexibility index (Phi) is 4.25. The summed E-state index contributed by atoms with van der Waals surface area (Å²) in [6.07, 6.45) is 4.36. The molecule has 1 amide bonds. The second-order valence-electron chi connectivity index (χ2n) is 5.72. The van der Waals surface area contributed by atoms with E-state index in [-0.39, 0.29) is 5.91 Å². The van der Waals surface area contributed by atoms with E-state index in [0.29, 0.717) is 24.2 Å². The smallest absolute Gasteiger partial charge is 0.244 e. The average molecular weight is 311 g/mol. The van der Waals surface area contributed by atoms with Gasteiger partial charge in [0, 0.05) is 5.69 Å². The van der Waals surface area contributed by atoms with Crippen molar-refractivity contribution in [3.63, 3.8) is 0 Å². The number of sulfonamides is 1. The number of benzene rings is 1. The van der Waals surface area contributed by atoms with Gasteiger partial charge in [0.2, 0.25) is 15.9 Å². The Morgan fingerprint density at radius 1 is 1.29 bits per heavy atom. The van der Waals surface area contributed by atoms with Crippen LogP contribution in [0, 0.1) is 6.92 Å². The van der Waals surface area contributed by atoms with E-state index in [1.807, 2.05) is 0 Å². The van der Waals surface area contributed by atoms with Crippen LogP contribution in [0.25, 0.3) is 0 Å². The maximum atomic E-state index is 12.2. The molecule has 1 aromatic rings. The van der Waals surface area contributed by atoms with Gasteiger partial charge < -0.3 is 11.1 Å². The van der Waals surface area contributed by atoms with Gasteiger partial charge in [-0.05, 0) is 37.5 Å². The van der Waals surface area contributed by atoms with Crippen molar-refractivity contribution in [3.05, 3.63) is 23.8 Å². The Labute approximate surface area is 125 Å². The van der Waals surface area contributed by atoms with Gasteiger partial charge in [-0.3, -0.25) is 9.52 Å². The van der Waals surface area contributed by atoms with Crippen molar-refractivity contribution in [3.8, 4) is 0 Å². The van der Waals surface area contributed by atoms with E-state index in [0.717, 1.165) is 24.7 Å². The molecule has 1 aliphatic rings. The van der Waals surface area contributed by atoms with Crippen molar-refractivity contribution < 1.29 is 13.2 Å². The molecule has 21 heavy (non-hydrogen) atoms. The number of aryl methyl sites for hydroxylation is 1. The second kappa shape index (κ2) is 5.65. The standard InChI is InChI=1S/C14H21N3O3S/c1-10-5-6-11(9-12(10)17-21(2,19)20)16-13(18)14(15)7-3-4-8-14/h5-6,9,17H,3-4,7-8,15H2,1-2H3,(H,16,18). The van der Waals surface area contributed by atoms with Crippen LogP contribution >= 0.6 is 0 Å². The lowest BCUT2D eigenvalue weighted by Gasteiger charge is -2.22. The molecule has 1 aliphatic carbocycles. The molecule has 0 unspecified atom stereocenters. The lowest BCUT2D eigenvalue weighted by molar-refractivity contribution is -0.121. The second-order valence-corrected chi connectivity index (χ2v) is 7.47. The molecule has 1 saturated carbocycles. The van der Waals surface area contributed by atoms with Crippen LogP contribution in [0.15, 0.2) is 18.2 Å². The van der Waals surface area contributed by atoms with Crippen molar-refractivity contribution in [2.45, 2.75) is 38.1 Å². The minimum Gasteiger partial charge on any atom is -0.324 e. The summed E-state index contributed by atoms with van der Waals surface area (Å²) in [5, 5.41) is 2.78. The SMILES string of the molecule is Cc1ccc(NC(=O)C2(N)CCCC2)cc1NS(C)(=O)=O. The van der Waals surface area contributed by atoms with Crippen LogP contribution in [-0.2, 0) is 14.8 Å². The van der Waals surface area contributed by atoms with Crippen LogP contribution in [0.1, 0.15) is 31.2 Å². The Bertz CT molecular complexity index is 649. The van der Waals surface area contributed by atoms with Gasteiger partial charge in [0.1, 0.15) is 0 Å². The zero-order valence-electron chi connectivity index (χ0n) is 12.3. The molecule has 7 heteroatoms. The molecule has 0 aromatic heterocycles. The number of carbonyl (C=O) groups is 1. The van der Waals surface area contributed by atoms with Crippen LogP contribution < -0.4 is 15.8 Å². The van der Waals surface area contributed by atoms with Gasteiger partial charge in [0.25, 0.3) is 0 Å². The fourth-order valence-electron chi connectivity index (χ4n) is 2.50. The van der Waals surface area contributed by atoms with E-state index in [1.54, 1.807) is 25.1 Å². The highest BCUT2D eigenvalue weighted by atomic mass is 32.2. The zero-order chi connectivity index (χ0) is 15.7. The van der Waals surface area contributed by atoms with Gasteiger partial charge in [-0.15, -0.1) is 0 Å². The molecule has 0 heterocycles. The summed E-state index contributed by atoms with van der Waals surface area (Å²) in [4.78, 5) is 12.2. The molecule has 116 valence electrons. The van der Waals surface area contributed by atoms with Crippen LogP contribution in [0.3, 0.4) is 0 Å². The van der Waals surface area contributed by atoms with E-state index >= 15 is 0 Å². The average Bonchev–Trinajstić information content (AvgIpc) is 2.80. The molecule has 1 fully saturated rings. The number of rotatable bonds is 4. The van der Waals surface area contributed by atoms with Crippen molar-refractivity contribution >= 4 is 27.3 Å². The summed E-state index contributed by atoms with van der Waals surface area (Å²) in [6.45, 7) is 1.79. The molecule has 0 saturated heterocycles. The predicted molar refractivity (Wildman–Crippen MR) is 83.7 cm³/mol. The summed E-state index contributed by atoms with van der Waals surface area (Å²) in [5.41, 5.74) is 7.05. The van der Waals surface area contributed by atoms with Crippen molar-refractivity contribution in [2.24, 2.45) is 5.73 Å². The topological polar surface area (TPSA) is 101 Å². The van der Waals surface area contributed by atoms with Gasteiger partial charge in [0.15, 0.2) is 0 Å². The number of hydrogen-bond donors (Lipinski definition) is 3. The largest absolute Gasteiger partial charge is 0.324 e. The third kappa shape index (κ3) is 3.95. The summed E-state index contributed by atoms with van der Waals surface area (Å²) in [6, 6.07) is 5.09. The number of anilines is 2. The number of nitrogens with one attached hydrogen (secondary N) is 2. The first-order valence-electron chi connectivity index (χ1n) is 6.88. The molecule has 0 spiro atoms. The number of nitrogens with two attached hydrogens (primary N) is 1. The van der Waals surface area contributed by atoms with Crippen LogP contribution in [-0.4, -0.2) is 26.1 Å². The first kappa shape index (κ1) is 15.8. The van der Waals surface area contributed by atoms with Crippen LogP contribution in [0.5, 0.6) is 0 Å². The fourth-order valence-corrected chi connectivity index (χ4v) is 3.12. The maximum absolute atomic E-state index is 12.2. The normalized spacial score (nSPS) is 17.5. The fraction of sp³-hybridized carbons (Fsp3) is 0.500. The highest BCUT2D eigenvalue weighted by Crippen LogP contribution is 2.29. The van der Waals surface area contributed by atoms with Gasteiger partial charge in [-0.1, -0.05) is 18.9 Å². The van der Waals surface area contributed by atoms with Gasteiger partial charge in [-0.25, -0.2) is 8.42 Å². The summed E-state index contributed by atoms with van der Waals surface area (Å²) < 4.78 is 25.1. The predicted octanol–water partition coefficient (Wildman–Crippen LogP) is 1.58. The Hall–Kier alpha value is -1.60. The molecular weight excluding hydrogens is 290 g/mol. The molecule has 1 aromatic carbocycles. The number of carbonyl (C=O) groups excluding carboxylic acids is 1. The molecule has 0 aliphatic heterocycles. The van der Waals surface area contributed by atoms with E-state index < -0.39 is 15.6 Å².